The third-order valence-electron chi connectivity index (χ3n) is 5.02. The van der Waals surface area contributed by atoms with Crippen molar-refractivity contribution in [3.8, 4) is 5.75 Å². The van der Waals surface area contributed by atoms with Gasteiger partial charge in [0.25, 0.3) is 0 Å². The SMILES string of the molecule is COC(CN1CCC(Oc2ccc(F)c(F)c2)CC1)NC(=O)/C=C/c1cccc(Br)c1. The van der Waals surface area contributed by atoms with E-state index in [1.165, 1.54) is 12.1 Å². The van der Waals surface area contributed by atoms with Gasteiger partial charge in [0.15, 0.2) is 11.6 Å². The molecule has 0 saturated carbocycles. The monoisotopic (exact) mass is 494 g/mol. The van der Waals surface area contributed by atoms with Crippen LogP contribution in [0.1, 0.15) is 18.4 Å². The molecule has 31 heavy (non-hydrogen) atoms. The van der Waals surface area contributed by atoms with E-state index in [-0.39, 0.29) is 12.0 Å². The second kappa shape index (κ2) is 11.4. The second-order valence-corrected chi connectivity index (χ2v) is 8.23. The quantitative estimate of drug-likeness (QED) is 0.437. The lowest BCUT2D eigenvalue weighted by molar-refractivity contribution is -0.120. The number of carbonyl (C=O) groups excluding carboxylic acids is 1. The van der Waals surface area contributed by atoms with Crippen molar-refractivity contribution in [2.45, 2.75) is 25.2 Å². The van der Waals surface area contributed by atoms with E-state index in [4.69, 9.17) is 9.47 Å². The highest BCUT2D eigenvalue weighted by atomic mass is 79.9. The van der Waals surface area contributed by atoms with Crippen molar-refractivity contribution in [2.24, 2.45) is 0 Å². The van der Waals surface area contributed by atoms with Crippen molar-refractivity contribution in [1.82, 2.24) is 10.2 Å². The molecule has 1 fully saturated rings. The van der Waals surface area contributed by atoms with Crippen LogP contribution in [0, 0.1) is 11.6 Å². The number of hydrogen-bond donors (Lipinski definition) is 1. The predicted octanol–water partition coefficient (Wildman–Crippen LogP) is 4.37. The fourth-order valence-electron chi connectivity index (χ4n) is 3.35. The van der Waals surface area contributed by atoms with Crippen molar-refractivity contribution in [2.75, 3.05) is 26.7 Å². The Kier molecular flexibility index (Phi) is 8.57. The number of methoxy groups -OCH3 is 1. The van der Waals surface area contributed by atoms with Crippen LogP contribution in [0.5, 0.6) is 5.75 Å². The molecule has 1 aliphatic rings. The number of benzene rings is 2. The fourth-order valence-corrected chi connectivity index (χ4v) is 3.77. The molecule has 1 unspecified atom stereocenters. The summed E-state index contributed by atoms with van der Waals surface area (Å²) in [7, 11) is 1.56. The van der Waals surface area contributed by atoms with Crippen LogP contribution in [-0.4, -0.2) is 49.9 Å². The lowest BCUT2D eigenvalue weighted by atomic mass is 10.1. The number of halogens is 3. The van der Waals surface area contributed by atoms with Gasteiger partial charge in [0.1, 0.15) is 18.1 Å². The molecule has 3 rings (SSSR count). The molecular formula is C23H25BrF2N2O3. The van der Waals surface area contributed by atoms with Gasteiger partial charge in [-0.05, 0) is 48.7 Å². The van der Waals surface area contributed by atoms with Crippen LogP contribution in [0.15, 0.2) is 53.0 Å². The van der Waals surface area contributed by atoms with Gasteiger partial charge in [-0.2, -0.15) is 0 Å². The van der Waals surface area contributed by atoms with E-state index < -0.39 is 17.9 Å². The molecule has 166 valence electrons. The maximum Gasteiger partial charge on any atom is 0.246 e. The van der Waals surface area contributed by atoms with Crippen molar-refractivity contribution in [1.29, 1.82) is 0 Å². The molecule has 2 aromatic rings. The van der Waals surface area contributed by atoms with Crippen LogP contribution in [-0.2, 0) is 9.53 Å². The van der Waals surface area contributed by atoms with E-state index in [1.54, 1.807) is 13.2 Å². The first-order valence-electron chi connectivity index (χ1n) is 10.0. The topological polar surface area (TPSA) is 50.8 Å². The number of likely N-dealkylation sites (tertiary alicyclic amines) is 1. The molecule has 0 aliphatic carbocycles. The van der Waals surface area contributed by atoms with E-state index in [1.807, 2.05) is 24.3 Å². The van der Waals surface area contributed by atoms with Crippen LogP contribution in [0.2, 0.25) is 0 Å². The molecule has 1 N–H and O–H groups in total. The van der Waals surface area contributed by atoms with E-state index in [0.717, 1.165) is 48.1 Å². The van der Waals surface area contributed by atoms with Crippen LogP contribution in [0.25, 0.3) is 6.08 Å². The van der Waals surface area contributed by atoms with Gasteiger partial charge in [-0.15, -0.1) is 0 Å². The lowest BCUT2D eigenvalue weighted by Gasteiger charge is -2.34. The lowest BCUT2D eigenvalue weighted by Crippen LogP contribution is -2.48. The molecule has 0 radical (unpaired) electrons. The molecule has 1 atom stereocenters. The number of nitrogens with one attached hydrogen (secondary N) is 1. The molecule has 1 amide bonds. The van der Waals surface area contributed by atoms with E-state index in [2.05, 4.69) is 26.1 Å². The Morgan fingerprint density at radius 1 is 1.23 bits per heavy atom. The van der Waals surface area contributed by atoms with Gasteiger partial charge in [-0.1, -0.05) is 28.1 Å². The number of piperidine rings is 1. The number of hydrogen-bond acceptors (Lipinski definition) is 4. The zero-order valence-corrected chi connectivity index (χ0v) is 18.8. The highest BCUT2D eigenvalue weighted by molar-refractivity contribution is 9.10. The third kappa shape index (κ3) is 7.41. The number of rotatable bonds is 8. The summed E-state index contributed by atoms with van der Waals surface area (Å²) in [5, 5.41) is 2.85. The van der Waals surface area contributed by atoms with Gasteiger partial charge in [0.05, 0.1) is 0 Å². The van der Waals surface area contributed by atoms with Gasteiger partial charge in [0.2, 0.25) is 5.91 Å². The maximum atomic E-state index is 13.3. The number of carbonyl (C=O) groups is 1. The number of amides is 1. The van der Waals surface area contributed by atoms with Gasteiger partial charge in [0, 0.05) is 43.4 Å². The molecule has 8 heteroatoms. The van der Waals surface area contributed by atoms with Crippen molar-refractivity contribution in [3.05, 3.63) is 70.2 Å². The zero-order valence-electron chi connectivity index (χ0n) is 17.2. The molecule has 1 aliphatic heterocycles. The van der Waals surface area contributed by atoms with Crippen molar-refractivity contribution >= 4 is 27.9 Å². The summed E-state index contributed by atoms with van der Waals surface area (Å²) in [6.45, 7) is 2.04. The van der Waals surface area contributed by atoms with Crippen LogP contribution < -0.4 is 10.1 Å². The second-order valence-electron chi connectivity index (χ2n) is 7.32. The van der Waals surface area contributed by atoms with Gasteiger partial charge < -0.3 is 14.8 Å². The Balaban J connectivity index is 1.43. The first kappa shape index (κ1) is 23.4. The van der Waals surface area contributed by atoms with Crippen molar-refractivity contribution < 1.29 is 23.0 Å². The number of ether oxygens (including phenoxy) is 2. The van der Waals surface area contributed by atoms with Crippen LogP contribution >= 0.6 is 15.9 Å². The number of nitrogens with zero attached hydrogens (tertiary/aromatic N) is 1. The first-order valence-corrected chi connectivity index (χ1v) is 10.8. The van der Waals surface area contributed by atoms with Crippen molar-refractivity contribution in [3.63, 3.8) is 0 Å². The summed E-state index contributed by atoms with van der Waals surface area (Å²) in [4.78, 5) is 14.4. The minimum atomic E-state index is -0.914. The minimum Gasteiger partial charge on any atom is -0.490 e. The highest BCUT2D eigenvalue weighted by Gasteiger charge is 2.23. The average Bonchev–Trinajstić information content (AvgIpc) is 2.76. The molecule has 2 aromatic carbocycles. The predicted molar refractivity (Wildman–Crippen MR) is 119 cm³/mol. The van der Waals surface area contributed by atoms with Gasteiger partial charge in [-0.25, -0.2) is 8.78 Å². The molecule has 1 heterocycles. The largest absolute Gasteiger partial charge is 0.490 e. The van der Waals surface area contributed by atoms with Gasteiger partial charge >= 0.3 is 0 Å². The third-order valence-corrected chi connectivity index (χ3v) is 5.51. The zero-order chi connectivity index (χ0) is 22.2. The average molecular weight is 495 g/mol. The molecule has 0 spiro atoms. The van der Waals surface area contributed by atoms with Crippen LogP contribution in [0.3, 0.4) is 0 Å². The smallest absolute Gasteiger partial charge is 0.246 e. The van der Waals surface area contributed by atoms with E-state index in [0.29, 0.717) is 12.3 Å². The summed E-state index contributed by atoms with van der Waals surface area (Å²) in [6, 6.07) is 11.2. The summed E-state index contributed by atoms with van der Waals surface area (Å²) < 4.78 is 38.5. The molecular weight excluding hydrogens is 470 g/mol. The Hall–Kier alpha value is -2.29. The van der Waals surface area contributed by atoms with E-state index in [9.17, 15) is 13.6 Å². The standard InChI is InChI=1S/C23H25BrF2N2O3/c1-30-23(27-22(29)8-5-16-3-2-4-17(24)13-16)15-28-11-9-18(10-12-28)31-19-6-7-20(25)21(26)14-19/h2-8,13-14,18,23H,9-12,15H2,1H3,(H,27,29)/b8-5+. The fraction of sp³-hybridized carbons (Fsp3) is 0.348. The Bertz CT molecular complexity index is 917. The Labute approximate surface area is 189 Å². The van der Waals surface area contributed by atoms with Gasteiger partial charge in [-0.3, -0.25) is 9.69 Å². The molecule has 1 saturated heterocycles. The highest BCUT2D eigenvalue weighted by Crippen LogP contribution is 2.21. The first-order chi connectivity index (χ1) is 14.9. The minimum absolute atomic E-state index is 0.0650. The van der Waals surface area contributed by atoms with E-state index >= 15 is 0 Å². The summed E-state index contributed by atoms with van der Waals surface area (Å²) in [6.07, 6.45) is 4.20. The van der Waals surface area contributed by atoms with Crippen LogP contribution in [0.4, 0.5) is 8.78 Å². The molecule has 5 nitrogen and oxygen atoms in total. The summed E-state index contributed by atoms with van der Waals surface area (Å²) in [5.41, 5.74) is 0.918. The normalized spacial score (nSPS) is 16.4. The summed E-state index contributed by atoms with van der Waals surface area (Å²) >= 11 is 3.40. The molecule has 0 aromatic heterocycles. The maximum absolute atomic E-state index is 13.3. The Morgan fingerprint density at radius 2 is 2.00 bits per heavy atom. The molecule has 0 bridgehead atoms. The Morgan fingerprint density at radius 3 is 2.68 bits per heavy atom. The summed E-state index contributed by atoms with van der Waals surface area (Å²) in [5.74, 6) is -1.70.